The van der Waals surface area contributed by atoms with E-state index in [0.717, 1.165) is 20.9 Å². The number of halogens is 1. The van der Waals surface area contributed by atoms with E-state index in [1.807, 2.05) is 48.5 Å². The first-order chi connectivity index (χ1) is 9.76. The van der Waals surface area contributed by atoms with Crippen LogP contribution in [0, 0.1) is 0 Å². The van der Waals surface area contributed by atoms with Gasteiger partial charge < -0.3 is 9.84 Å². The molecule has 0 unspecified atom stereocenters. The van der Waals surface area contributed by atoms with Crippen molar-refractivity contribution in [3.8, 4) is 11.5 Å². The molecule has 0 saturated heterocycles. The Morgan fingerprint density at radius 2 is 1.95 bits per heavy atom. The summed E-state index contributed by atoms with van der Waals surface area (Å²) in [5.41, 5.74) is 1.77. The van der Waals surface area contributed by atoms with Crippen LogP contribution in [0.3, 0.4) is 0 Å². The fraction of sp³-hybridized carbons (Fsp3) is 0.0625. The number of pyridine rings is 1. The smallest absolute Gasteiger partial charge is 0.146 e. The zero-order valence-electron chi connectivity index (χ0n) is 10.6. The molecule has 0 bridgehead atoms. The van der Waals surface area contributed by atoms with E-state index in [9.17, 15) is 0 Å². The maximum atomic E-state index is 9.09. The number of ether oxygens (including phenoxy) is 1. The summed E-state index contributed by atoms with van der Waals surface area (Å²) in [5, 5.41) is 10.1. The van der Waals surface area contributed by atoms with Gasteiger partial charge in [-0.1, -0.05) is 24.3 Å². The first-order valence-electron chi connectivity index (χ1n) is 6.18. The summed E-state index contributed by atoms with van der Waals surface area (Å²) in [6.07, 6.45) is 1.70. The van der Waals surface area contributed by atoms with E-state index < -0.39 is 0 Å². The quantitative estimate of drug-likeness (QED) is 0.779. The Bertz CT molecular complexity index is 758. The van der Waals surface area contributed by atoms with Crippen molar-refractivity contribution in [2.24, 2.45) is 0 Å². The van der Waals surface area contributed by atoms with Gasteiger partial charge in [-0.05, 0) is 45.8 Å². The number of para-hydroxylation sites is 1. The predicted octanol–water partition coefficient (Wildman–Crippen LogP) is 4.28. The Balaban J connectivity index is 1.92. The van der Waals surface area contributed by atoms with Gasteiger partial charge >= 0.3 is 0 Å². The van der Waals surface area contributed by atoms with Gasteiger partial charge in [0, 0.05) is 5.39 Å². The summed E-state index contributed by atoms with van der Waals surface area (Å²) >= 11 is 3.44. The molecule has 0 spiro atoms. The minimum Gasteiger partial charge on any atom is -0.455 e. The highest BCUT2D eigenvalue weighted by atomic mass is 79.9. The Hall–Kier alpha value is -1.91. The maximum Gasteiger partial charge on any atom is 0.146 e. The fourth-order valence-corrected chi connectivity index (χ4v) is 2.47. The number of nitrogens with zero attached hydrogens (tertiary/aromatic N) is 1. The molecule has 1 N–H and O–H groups in total. The molecule has 0 radical (unpaired) electrons. The third-order valence-electron chi connectivity index (χ3n) is 2.97. The molecule has 0 amide bonds. The molecule has 1 heterocycles. The summed E-state index contributed by atoms with van der Waals surface area (Å²) in [5.74, 6) is 1.38. The van der Waals surface area contributed by atoms with Crippen LogP contribution in [0.15, 0.2) is 59.2 Å². The normalized spacial score (nSPS) is 10.7. The predicted molar refractivity (Wildman–Crippen MR) is 81.9 cm³/mol. The van der Waals surface area contributed by atoms with Gasteiger partial charge in [-0.2, -0.15) is 0 Å². The molecule has 3 nitrogen and oxygen atoms in total. The highest BCUT2D eigenvalue weighted by Crippen LogP contribution is 2.31. The lowest BCUT2D eigenvalue weighted by atomic mass is 10.2. The Morgan fingerprint density at radius 1 is 1.10 bits per heavy atom. The van der Waals surface area contributed by atoms with Gasteiger partial charge in [0.25, 0.3) is 0 Å². The molecule has 3 aromatic rings. The van der Waals surface area contributed by atoms with Crippen LogP contribution < -0.4 is 4.74 Å². The van der Waals surface area contributed by atoms with Gasteiger partial charge in [-0.3, -0.25) is 4.98 Å². The van der Waals surface area contributed by atoms with E-state index in [4.69, 9.17) is 9.84 Å². The first kappa shape index (κ1) is 13.1. The number of fused-ring (bicyclic) bond motifs is 1. The van der Waals surface area contributed by atoms with Gasteiger partial charge in [-0.25, -0.2) is 0 Å². The van der Waals surface area contributed by atoms with E-state index >= 15 is 0 Å². The average Bonchev–Trinajstić information content (AvgIpc) is 2.49. The Labute approximate surface area is 125 Å². The van der Waals surface area contributed by atoms with Gasteiger partial charge in [0.15, 0.2) is 0 Å². The van der Waals surface area contributed by atoms with Crippen molar-refractivity contribution in [3.63, 3.8) is 0 Å². The van der Waals surface area contributed by atoms with Crippen LogP contribution in [0.2, 0.25) is 0 Å². The number of aliphatic hydroxyl groups is 1. The van der Waals surface area contributed by atoms with Crippen LogP contribution in [0.25, 0.3) is 10.9 Å². The summed E-state index contributed by atoms with van der Waals surface area (Å²) in [7, 11) is 0. The maximum absolute atomic E-state index is 9.09. The van der Waals surface area contributed by atoms with Crippen LogP contribution in [-0.4, -0.2) is 10.1 Å². The zero-order valence-corrected chi connectivity index (χ0v) is 12.2. The standard InChI is InChI=1S/C16H12BrNO2/c17-14-7-11(10-19)5-6-16(14)20-13-8-12-3-1-2-4-15(12)18-9-13/h1-9,19H,10H2. The summed E-state index contributed by atoms with van der Waals surface area (Å²) in [4.78, 5) is 4.36. The van der Waals surface area contributed by atoms with Crippen molar-refractivity contribution in [1.29, 1.82) is 0 Å². The number of aromatic nitrogens is 1. The van der Waals surface area contributed by atoms with Crippen LogP contribution in [0.4, 0.5) is 0 Å². The van der Waals surface area contributed by atoms with Crippen LogP contribution in [0.5, 0.6) is 11.5 Å². The van der Waals surface area contributed by atoms with Crippen molar-refractivity contribution in [1.82, 2.24) is 4.98 Å². The van der Waals surface area contributed by atoms with Gasteiger partial charge in [0.05, 0.1) is 22.8 Å². The van der Waals surface area contributed by atoms with Crippen molar-refractivity contribution in [2.75, 3.05) is 0 Å². The molecular weight excluding hydrogens is 318 g/mol. The van der Waals surface area contributed by atoms with E-state index in [2.05, 4.69) is 20.9 Å². The molecule has 0 fully saturated rings. The minimum atomic E-state index is 0.0103. The fourth-order valence-electron chi connectivity index (χ4n) is 1.96. The molecule has 0 saturated carbocycles. The topological polar surface area (TPSA) is 42.4 Å². The molecule has 20 heavy (non-hydrogen) atoms. The number of hydrogen-bond acceptors (Lipinski definition) is 3. The molecule has 0 aliphatic rings. The second-order valence-corrected chi connectivity index (χ2v) is 5.24. The second kappa shape index (κ2) is 5.61. The number of rotatable bonds is 3. The molecule has 1 aromatic heterocycles. The van der Waals surface area contributed by atoms with E-state index in [-0.39, 0.29) is 6.61 Å². The molecule has 4 heteroatoms. The largest absolute Gasteiger partial charge is 0.455 e. The lowest BCUT2D eigenvalue weighted by Crippen LogP contribution is -1.89. The number of aliphatic hydroxyl groups excluding tert-OH is 1. The molecule has 100 valence electrons. The monoisotopic (exact) mass is 329 g/mol. The van der Waals surface area contributed by atoms with Gasteiger partial charge in [0.1, 0.15) is 11.5 Å². The molecule has 0 aliphatic heterocycles. The first-order valence-corrected chi connectivity index (χ1v) is 6.97. The van der Waals surface area contributed by atoms with Crippen LogP contribution in [-0.2, 0) is 6.61 Å². The summed E-state index contributed by atoms with van der Waals surface area (Å²) in [6, 6.07) is 15.3. The molecule has 0 atom stereocenters. The summed E-state index contributed by atoms with van der Waals surface area (Å²) < 4.78 is 6.63. The zero-order chi connectivity index (χ0) is 13.9. The highest BCUT2D eigenvalue weighted by molar-refractivity contribution is 9.10. The van der Waals surface area contributed by atoms with Gasteiger partial charge in [-0.15, -0.1) is 0 Å². The lowest BCUT2D eigenvalue weighted by Gasteiger charge is -2.09. The highest BCUT2D eigenvalue weighted by Gasteiger charge is 2.05. The second-order valence-electron chi connectivity index (χ2n) is 4.39. The number of hydrogen-bond donors (Lipinski definition) is 1. The molecule has 3 rings (SSSR count). The lowest BCUT2D eigenvalue weighted by molar-refractivity contribution is 0.281. The average molecular weight is 330 g/mol. The van der Waals surface area contributed by atoms with Crippen LogP contribution >= 0.6 is 15.9 Å². The van der Waals surface area contributed by atoms with Gasteiger partial charge in [0.2, 0.25) is 0 Å². The SMILES string of the molecule is OCc1ccc(Oc2cnc3ccccc3c2)c(Br)c1. The molecular formula is C16H12BrNO2. The molecule has 2 aromatic carbocycles. The molecule has 0 aliphatic carbocycles. The Morgan fingerprint density at radius 3 is 2.75 bits per heavy atom. The van der Waals surface area contributed by atoms with E-state index in [1.165, 1.54) is 0 Å². The van der Waals surface area contributed by atoms with Crippen molar-refractivity contribution in [2.45, 2.75) is 6.61 Å². The third-order valence-corrected chi connectivity index (χ3v) is 3.59. The van der Waals surface area contributed by atoms with Crippen molar-refractivity contribution in [3.05, 3.63) is 64.8 Å². The van der Waals surface area contributed by atoms with E-state index in [0.29, 0.717) is 11.5 Å². The number of benzene rings is 2. The van der Waals surface area contributed by atoms with Crippen molar-refractivity contribution >= 4 is 26.8 Å². The van der Waals surface area contributed by atoms with Crippen molar-refractivity contribution < 1.29 is 9.84 Å². The van der Waals surface area contributed by atoms with E-state index in [1.54, 1.807) is 6.20 Å². The summed E-state index contributed by atoms with van der Waals surface area (Å²) in [6.45, 7) is 0.0103. The minimum absolute atomic E-state index is 0.0103. The van der Waals surface area contributed by atoms with Crippen LogP contribution in [0.1, 0.15) is 5.56 Å². The third kappa shape index (κ3) is 2.66. The Kier molecular flexibility index (Phi) is 3.67.